The van der Waals surface area contributed by atoms with E-state index in [1.165, 1.54) is 0 Å². The highest BCUT2D eigenvalue weighted by Gasteiger charge is 2.24. The van der Waals surface area contributed by atoms with Gasteiger partial charge in [-0.2, -0.15) is 15.1 Å². The van der Waals surface area contributed by atoms with Crippen LogP contribution in [0.4, 0.5) is 11.8 Å². The Balaban J connectivity index is 1.43. The number of morpholine rings is 1. The summed E-state index contributed by atoms with van der Waals surface area (Å²) in [4.78, 5) is 31.4. The number of ether oxygens (including phenoxy) is 1. The number of H-pyrrole nitrogens is 1. The molecule has 0 bridgehead atoms. The van der Waals surface area contributed by atoms with Crippen molar-refractivity contribution >= 4 is 35.1 Å². The molecule has 0 aliphatic carbocycles. The standard InChI is InChI=1S/C21H25N9O2/c1-13-3-2-4-14(9-13)10-23-29-21-27-17-16(19(28-21)30-5-7-32-8-6-30)25-18(26-17)20(31)24-15-11-22-12-15/h2-4,9-10,15,22H,5-8,11-12H2,1H3,(H,24,31)(H2,25,26,27,28,29)/b23-10+. The third-order valence-corrected chi connectivity index (χ3v) is 5.39. The molecule has 0 saturated carbocycles. The van der Waals surface area contributed by atoms with E-state index >= 15 is 0 Å². The van der Waals surface area contributed by atoms with Crippen LogP contribution < -0.4 is 21.0 Å². The van der Waals surface area contributed by atoms with Gasteiger partial charge in [-0.15, -0.1) is 0 Å². The van der Waals surface area contributed by atoms with Gasteiger partial charge in [0.15, 0.2) is 17.3 Å². The Morgan fingerprint density at radius 2 is 2.09 bits per heavy atom. The second-order valence-corrected chi connectivity index (χ2v) is 7.87. The number of nitrogens with zero attached hydrogens (tertiary/aromatic N) is 5. The summed E-state index contributed by atoms with van der Waals surface area (Å²) in [7, 11) is 0. The molecule has 0 spiro atoms. The number of aromatic amines is 1. The Kier molecular flexibility index (Phi) is 5.65. The molecule has 1 amide bonds. The molecule has 0 unspecified atom stereocenters. The zero-order valence-corrected chi connectivity index (χ0v) is 17.8. The number of aryl methyl sites for hydroxylation is 1. The molecule has 2 aromatic heterocycles. The highest BCUT2D eigenvalue weighted by molar-refractivity contribution is 5.96. The van der Waals surface area contributed by atoms with Crippen LogP contribution in [0.3, 0.4) is 0 Å². The van der Waals surface area contributed by atoms with Gasteiger partial charge in [0, 0.05) is 26.2 Å². The molecule has 2 aliphatic rings. The van der Waals surface area contributed by atoms with Crippen molar-refractivity contribution in [3.8, 4) is 0 Å². The lowest BCUT2D eigenvalue weighted by atomic mass is 10.2. The molecule has 166 valence electrons. The molecule has 11 heteroatoms. The molecule has 5 rings (SSSR count). The van der Waals surface area contributed by atoms with Crippen LogP contribution in [0.25, 0.3) is 11.2 Å². The molecule has 2 fully saturated rings. The van der Waals surface area contributed by atoms with Crippen LogP contribution in [0.1, 0.15) is 21.7 Å². The minimum Gasteiger partial charge on any atom is -0.378 e. The molecule has 4 N–H and O–H groups in total. The maximum atomic E-state index is 12.6. The number of carbonyl (C=O) groups excluding carboxylic acids is 1. The summed E-state index contributed by atoms with van der Waals surface area (Å²) in [6.07, 6.45) is 1.71. The first-order chi connectivity index (χ1) is 15.7. The van der Waals surface area contributed by atoms with Crippen molar-refractivity contribution in [2.24, 2.45) is 5.10 Å². The number of hydrazone groups is 1. The molecule has 4 heterocycles. The van der Waals surface area contributed by atoms with Gasteiger partial charge in [0.2, 0.25) is 5.95 Å². The fourth-order valence-electron chi connectivity index (χ4n) is 3.60. The fraction of sp³-hybridized carbons (Fsp3) is 0.381. The summed E-state index contributed by atoms with van der Waals surface area (Å²) < 4.78 is 5.47. The quantitative estimate of drug-likeness (QED) is 0.328. The molecular formula is C21H25N9O2. The number of imidazole rings is 1. The van der Waals surface area contributed by atoms with Gasteiger partial charge in [0.1, 0.15) is 5.52 Å². The lowest BCUT2D eigenvalue weighted by molar-refractivity contribution is 0.0914. The smallest absolute Gasteiger partial charge is 0.287 e. The number of nitrogens with one attached hydrogen (secondary N) is 4. The lowest BCUT2D eigenvalue weighted by Gasteiger charge is -2.28. The predicted molar refractivity (Wildman–Crippen MR) is 121 cm³/mol. The van der Waals surface area contributed by atoms with Crippen molar-refractivity contribution in [3.63, 3.8) is 0 Å². The van der Waals surface area contributed by atoms with E-state index in [4.69, 9.17) is 4.74 Å². The van der Waals surface area contributed by atoms with Crippen LogP contribution in [0, 0.1) is 6.92 Å². The molecule has 2 saturated heterocycles. The van der Waals surface area contributed by atoms with Crippen molar-refractivity contribution < 1.29 is 9.53 Å². The van der Waals surface area contributed by atoms with Gasteiger partial charge < -0.3 is 25.3 Å². The van der Waals surface area contributed by atoms with Crippen molar-refractivity contribution in [3.05, 3.63) is 41.2 Å². The highest BCUT2D eigenvalue weighted by Crippen LogP contribution is 2.24. The minimum atomic E-state index is -0.255. The highest BCUT2D eigenvalue weighted by atomic mass is 16.5. The van der Waals surface area contributed by atoms with Crippen LogP contribution >= 0.6 is 0 Å². The van der Waals surface area contributed by atoms with Gasteiger partial charge >= 0.3 is 0 Å². The van der Waals surface area contributed by atoms with E-state index in [0.29, 0.717) is 49.2 Å². The third kappa shape index (κ3) is 4.39. The Hall–Kier alpha value is -3.57. The zero-order chi connectivity index (χ0) is 21.9. The van der Waals surface area contributed by atoms with Crippen molar-refractivity contribution in [1.29, 1.82) is 0 Å². The zero-order valence-electron chi connectivity index (χ0n) is 17.8. The molecule has 0 atom stereocenters. The van der Waals surface area contributed by atoms with Crippen molar-refractivity contribution in [1.82, 2.24) is 30.6 Å². The molecule has 1 aromatic carbocycles. The summed E-state index contributed by atoms with van der Waals surface area (Å²) in [6, 6.07) is 8.13. The summed E-state index contributed by atoms with van der Waals surface area (Å²) in [5.74, 6) is 0.943. The summed E-state index contributed by atoms with van der Waals surface area (Å²) >= 11 is 0. The van der Waals surface area contributed by atoms with E-state index in [0.717, 1.165) is 24.2 Å². The number of aromatic nitrogens is 4. The Morgan fingerprint density at radius 3 is 2.84 bits per heavy atom. The molecule has 11 nitrogen and oxygen atoms in total. The number of hydrogen-bond donors (Lipinski definition) is 4. The molecule has 3 aromatic rings. The Morgan fingerprint density at radius 1 is 1.25 bits per heavy atom. The topological polar surface area (TPSA) is 132 Å². The van der Waals surface area contributed by atoms with Gasteiger partial charge in [-0.05, 0) is 12.5 Å². The lowest BCUT2D eigenvalue weighted by Crippen LogP contribution is -2.57. The maximum absolute atomic E-state index is 12.6. The van der Waals surface area contributed by atoms with E-state index in [1.54, 1.807) is 6.21 Å². The second-order valence-electron chi connectivity index (χ2n) is 7.87. The van der Waals surface area contributed by atoms with Gasteiger partial charge in [0.05, 0.1) is 25.5 Å². The van der Waals surface area contributed by atoms with Crippen LogP contribution in [0.5, 0.6) is 0 Å². The fourth-order valence-corrected chi connectivity index (χ4v) is 3.60. The number of carbonyl (C=O) groups is 1. The molecule has 0 radical (unpaired) electrons. The van der Waals surface area contributed by atoms with E-state index in [2.05, 4.69) is 46.0 Å². The van der Waals surface area contributed by atoms with Gasteiger partial charge in [0.25, 0.3) is 5.91 Å². The Labute approximate surface area is 184 Å². The molecular weight excluding hydrogens is 410 g/mol. The monoisotopic (exact) mass is 435 g/mol. The average Bonchev–Trinajstić information content (AvgIpc) is 3.21. The molecule has 2 aliphatic heterocycles. The van der Waals surface area contributed by atoms with Crippen molar-refractivity contribution in [2.75, 3.05) is 49.7 Å². The van der Waals surface area contributed by atoms with Crippen LogP contribution in [0.15, 0.2) is 29.4 Å². The summed E-state index contributed by atoms with van der Waals surface area (Å²) in [6.45, 7) is 6.14. The number of amides is 1. The number of benzene rings is 1. The third-order valence-electron chi connectivity index (χ3n) is 5.39. The van der Waals surface area contributed by atoms with E-state index in [1.807, 2.05) is 31.2 Å². The van der Waals surface area contributed by atoms with Crippen LogP contribution in [-0.4, -0.2) is 77.5 Å². The summed E-state index contributed by atoms with van der Waals surface area (Å²) in [5, 5.41) is 10.4. The van der Waals surface area contributed by atoms with Gasteiger partial charge in [-0.3, -0.25) is 4.79 Å². The van der Waals surface area contributed by atoms with E-state index < -0.39 is 0 Å². The van der Waals surface area contributed by atoms with E-state index in [9.17, 15) is 4.79 Å². The number of hydrogen-bond acceptors (Lipinski definition) is 9. The normalized spacial score (nSPS) is 17.0. The van der Waals surface area contributed by atoms with E-state index in [-0.39, 0.29) is 17.8 Å². The number of fused-ring (bicyclic) bond motifs is 1. The largest absolute Gasteiger partial charge is 0.378 e. The summed E-state index contributed by atoms with van der Waals surface area (Å²) in [5.41, 5.74) is 6.05. The predicted octanol–water partition coefficient (Wildman–Crippen LogP) is 0.646. The van der Waals surface area contributed by atoms with Gasteiger partial charge in [-0.25, -0.2) is 10.4 Å². The van der Waals surface area contributed by atoms with Crippen LogP contribution in [-0.2, 0) is 4.74 Å². The SMILES string of the molecule is Cc1cccc(/C=N/Nc2nc(N3CCOCC3)c3[nH]c(C(=O)NC4CNC4)nc3n2)c1. The average molecular weight is 435 g/mol. The second kappa shape index (κ2) is 8.89. The van der Waals surface area contributed by atoms with Crippen LogP contribution in [0.2, 0.25) is 0 Å². The first kappa shape index (κ1) is 20.3. The Bertz CT molecular complexity index is 1150. The first-order valence-electron chi connectivity index (χ1n) is 10.6. The maximum Gasteiger partial charge on any atom is 0.287 e. The minimum absolute atomic E-state index is 0.119. The molecule has 32 heavy (non-hydrogen) atoms. The van der Waals surface area contributed by atoms with Gasteiger partial charge in [-0.1, -0.05) is 29.8 Å². The number of anilines is 2. The number of rotatable bonds is 6. The van der Waals surface area contributed by atoms with Crippen molar-refractivity contribution in [2.45, 2.75) is 13.0 Å². The first-order valence-corrected chi connectivity index (χ1v) is 10.6.